The first kappa shape index (κ1) is 17.1. The van der Waals surface area contributed by atoms with Gasteiger partial charge in [-0.05, 0) is 37.6 Å². The van der Waals surface area contributed by atoms with E-state index in [1.165, 1.54) is 11.3 Å². The lowest BCUT2D eigenvalue weighted by atomic mass is 9.95. The number of aryl methyl sites for hydroxylation is 1. The minimum atomic E-state index is -0.377. The Morgan fingerprint density at radius 1 is 1.27 bits per heavy atom. The number of likely N-dealkylation sites (N-methyl/N-ethyl adjacent to an activating group) is 1. The Balaban J connectivity index is 1.47. The van der Waals surface area contributed by atoms with E-state index in [-0.39, 0.29) is 11.3 Å². The van der Waals surface area contributed by atoms with Crippen molar-refractivity contribution in [2.45, 2.75) is 37.8 Å². The zero-order valence-corrected chi connectivity index (χ0v) is 15.7. The maximum absolute atomic E-state index is 12.9. The molecule has 1 saturated carbocycles. The van der Waals surface area contributed by atoms with Gasteiger partial charge in [-0.25, -0.2) is 0 Å². The predicted molar refractivity (Wildman–Crippen MR) is 99.0 cm³/mol. The molecule has 1 fully saturated rings. The van der Waals surface area contributed by atoms with Crippen molar-refractivity contribution >= 4 is 5.91 Å². The van der Waals surface area contributed by atoms with Gasteiger partial charge in [0, 0.05) is 37.8 Å². The first-order valence-corrected chi connectivity index (χ1v) is 9.18. The Kier molecular flexibility index (Phi) is 4.23. The Morgan fingerprint density at radius 3 is 2.65 bits per heavy atom. The third-order valence-corrected chi connectivity index (χ3v) is 5.76. The van der Waals surface area contributed by atoms with Crippen molar-refractivity contribution in [3.63, 3.8) is 0 Å². The van der Waals surface area contributed by atoms with Crippen LogP contribution in [0.2, 0.25) is 0 Å². The van der Waals surface area contributed by atoms with Gasteiger partial charge in [-0.15, -0.1) is 0 Å². The fourth-order valence-corrected chi connectivity index (χ4v) is 3.96. The lowest BCUT2D eigenvalue weighted by Gasteiger charge is -2.23. The van der Waals surface area contributed by atoms with Crippen LogP contribution in [0, 0.1) is 0 Å². The summed E-state index contributed by atoms with van der Waals surface area (Å²) in [6.07, 6.45) is 2.81. The van der Waals surface area contributed by atoms with E-state index in [1.54, 1.807) is 7.11 Å². The molecule has 2 heterocycles. The first-order valence-electron chi connectivity index (χ1n) is 9.18. The van der Waals surface area contributed by atoms with E-state index in [4.69, 9.17) is 4.74 Å². The zero-order chi connectivity index (χ0) is 18.3. The molecule has 138 valence electrons. The van der Waals surface area contributed by atoms with Crippen molar-refractivity contribution in [2.75, 3.05) is 20.7 Å². The quantitative estimate of drug-likeness (QED) is 0.889. The number of methoxy groups -OCH3 is 1. The number of amides is 1. The number of carbonyl (C=O) groups is 1. The number of ether oxygens (including phenoxy) is 1. The summed E-state index contributed by atoms with van der Waals surface area (Å²) in [6.45, 7) is 2.45. The second-order valence-electron chi connectivity index (χ2n) is 7.48. The largest absolute Gasteiger partial charge is 0.497 e. The van der Waals surface area contributed by atoms with Crippen molar-refractivity contribution in [3.05, 3.63) is 46.8 Å². The third-order valence-electron chi connectivity index (χ3n) is 5.76. The Bertz CT molecular complexity index is 821. The molecule has 6 heteroatoms. The minimum Gasteiger partial charge on any atom is -0.497 e. The molecule has 0 spiro atoms. The van der Waals surface area contributed by atoms with Crippen molar-refractivity contribution < 1.29 is 9.53 Å². The number of hydrogen-bond acceptors (Lipinski definition) is 4. The van der Waals surface area contributed by atoms with E-state index in [2.05, 4.69) is 22.4 Å². The van der Waals surface area contributed by atoms with Gasteiger partial charge in [0.2, 0.25) is 5.91 Å². The normalized spacial score (nSPS) is 18.3. The Hall–Kier alpha value is -2.34. The standard InChI is InChI=1S/C20H26N4O2/c1-23-11-8-18-16(13-23)17(22-24(18)2)12-21-19(25)20(9-10-20)14-4-6-15(26-3)7-5-14/h4-7H,8-13H2,1-3H3,(H,21,25). The molecule has 1 aliphatic carbocycles. The maximum atomic E-state index is 12.9. The second-order valence-corrected chi connectivity index (χ2v) is 7.48. The van der Waals surface area contributed by atoms with Gasteiger partial charge >= 0.3 is 0 Å². The summed E-state index contributed by atoms with van der Waals surface area (Å²) in [6, 6.07) is 7.85. The smallest absolute Gasteiger partial charge is 0.230 e. The van der Waals surface area contributed by atoms with Crippen LogP contribution >= 0.6 is 0 Å². The molecule has 2 aliphatic rings. The summed E-state index contributed by atoms with van der Waals surface area (Å²) in [5.41, 5.74) is 4.25. The number of hydrogen-bond donors (Lipinski definition) is 1. The highest BCUT2D eigenvalue weighted by atomic mass is 16.5. The van der Waals surface area contributed by atoms with Gasteiger partial charge in [0.05, 0.1) is 24.8 Å². The number of nitrogens with zero attached hydrogens (tertiary/aromatic N) is 3. The number of nitrogens with one attached hydrogen (secondary N) is 1. The SMILES string of the molecule is COc1ccc(C2(C(=O)NCc3nn(C)c4c3CN(C)CC4)CC2)cc1. The summed E-state index contributed by atoms with van der Waals surface area (Å²) >= 11 is 0. The molecule has 1 aromatic heterocycles. The first-order chi connectivity index (χ1) is 12.5. The van der Waals surface area contributed by atoms with E-state index in [1.807, 2.05) is 36.0 Å². The molecule has 0 atom stereocenters. The molecule has 1 amide bonds. The highest BCUT2D eigenvalue weighted by Crippen LogP contribution is 2.48. The monoisotopic (exact) mass is 354 g/mol. The van der Waals surface area contributed by atoms with Crippen molar-refractivity contribution in [1.29, 1.82) is 0 Å². The fourth-order valence-electron chi connectivity index (χ4n) is 3.96. The van der Waals surface area contributed by atoms with E-state index in [0.717, 1.165) is 49.4 Å². The van der Waals surface area contributed by atoms with Crippen LogP contribution in [0.1, 0.15) is 35.4 Å². The number of carbonyl (C=O) groups excluding carboxylic acids is 1. The summed E-state index contributed by atoms with van der Waals surface area (Å²) in [7, 11) is 5.77. The van der Waals surface area contributed by atoms with Crippen molar-refractivity contribution in [3.8, 4) is 5.75 Å². The number of aromatic nitrogens is 2. The van der Waals surface area contributed by atoms with Crippen LogP contribution < -0.4 is 10.1 Å². The van der Waals surface area contributed by atoms with E-state index in [9.17, 15) is 4.79 Å². The molecule has 1 N–H and O–H groups in total. The Labute approximate surface area is 154 Å². The second kappa shape index (κ2) is 6.43. The fraction of sp³-hybridized carbons (Fsp3) is 0.500. The van der Waals surface area contributed by atoms with E-state index >= 15 is 0 Å². The summed E-state index contributed by atoms with van der Waals surface area (Å²) in [5, 5.41) is 7.80. The molecular weight excluding hydrogens is 328 g/mol. The van der Waals surface area contributed by atoms with Crippen LogP contribution in [0.25, 0.3) is 0 Å². The van der Waals surface area contributed by atoms with Crippen molar-refractivity contribution in [2.24, 2.45) is 7.05 Å². The van der Waals surface area contributed by atoms with Crippen LogP contribution in [0.15, 0.2) is 24.3 Å². The molecular formula is C20H26N4O2. The molecule has 2 aromatic rings. The molecule has 0 radical (unpaired) electrons. The Morgan fingerprint density at radius 2 is 2.00 bits per heavy atom. The summed E-state index contributed by atoms with van der Waals surface area (Å²) < 4.78 is 7.19. The lowest BCUT2D eigenvalue weighted by Crippen LogP contribution is -2.35. The van der Waals surface area contributed by atoms with Gasteiger partial charge in [-0.2, -0.15) is 5.10 Å². The highest BCUT2D eigenvalue weighted by molar-refractivity contribution is 5.91. The minimum absolute atomic E-state index is 0.103. The van der Waals surface area contributed by atoms with Gasteiger partial charge in [0.25, 0.3) is 0 Å². The third kappa shape index (κ3) is 2.88. The maximum Gasteiger partial charge on any atom is 0.230 e. The predicted octanol–water partition coefficient (Wildman–Crippen LogP) is 1.76. The number of fused-ring (bicyclic) bond motifs is 1. The zero-order valence-electron chi connectivity index (χ0n) is 15.7. The molecule has 6 nitrogen and oxygen atoms in total. The van der Waals surface area contributed by atoms with Gasteiger partial charge in [0.15, 0.2) is 0 Å². The van der Waals surface area contributed by atoms with Gasteiger partial charge in [-0.3, -0.25) is 9.48 Å². The molecule has 4 rings (SSSR count). The van der Waals surface area contributed by atoms with Crippen LogP contribution in [0.5, 0.6) is 5.75 Å². The summed E-state index contributed by atoms with van der Waals surface area (Å²) in [5.74, 6) is 0.917. The van der Waals surface area contributed by atoms with Gasteiger partial charge < -0.3 is 15.0 Å². The highest BCUT2D eigenvalue weighted by Gasteiger charge is 2.51. The van der Waals surface area contributed by atoms with Gasteiger partial charge in [0.1, 0.15) is 5.75 Å². The van der Waals surface area contributed by atoms with Crippen LogP contribution in [0.4, 0.5) is 0 Å². The van der Waals surface area contributed by atoms with Crippen molar-refractivity contribution in [1.82, 2.24) is 20.0 Å². The number of benzene rings is 1. The molecule has 0 unspecified atom stereocenters. The average molecular weight is 354 g/mol. The van der Waals surface area contributed by atoms with Crippen LogP contribution in [-0.2, 0) is 36.8 Å². The molecule has 26 heavy (non-hydrogen) atoms. The topological polar surface area (TPSA) is 59.4 Å². The molecule has 1 aromatic carbocycles. The summed E-state index contributed by atoms with van der Waals surface area (Å²) in [4.78, 5) is 15.2. The molecule has 1 aliphatic heterocycles. The van der Waals surface area contributed by atoms with E-state index < -0.39 is 0 Å². The van der Waals surface area contributed by atoms with Gasteiger partial charge in [-0.1, -0.05) is 12.1 Å². The van der Waals surface area contributed by atoms with Crippen LogP contribution in [-0.4, -0.2) is 41.3 Å². The average Bonchev–Trinajstić information content (AvgIpc) is 3.41. The number of rotatable bonds is 5. The molecule has 0 saturated heterocycles. The molecule has 0 bridgehead atoms. The van der Waals surface area contributed by atoms with Crippen LogP contribution in [0.3, 0.4) is 0 Å². The lowest BCUT2D eigenvalue weighted by molar-refractivity contribution is -0.123. The van der Waals surface area contributed by atoms with E-state index in [0.29, 0.717) is 6.54 Å².